The summed E-state index contributed by atoms with van der Waals surface area (Å²) in [6, 6.07) is 8.83. The highest BCUT2D eigenvalue weighted by molar-refractivity contribution is 7.86. The second-order valence-electron chi connectivity index (χ2n) is 5.12. The van der Waals surface area contributed by atoms with Gasteiger partial charge in [0, 0.05) is 27.7 Å². The van der Waals surface area contributed by atoms with Gasteiger partial charge in [0.1, 0.15) is 6.07 Å². The van der Waals surface area contributed by atoms with Crippen LogP contribution in [0.25, 0.3) is 0 Å². The zero-order valence-corrected chi connectivity index (χ0v) is 12.2. The Kier molecular flexibility index (Phi) is 5.25. The number of carbonyl (C=O) groups is 1. The maximum atomic E-state index is 11.8. The second kappa shape index (κ2) is 6.48. The highest BCUT2D eigenvalue weighted by Crippen LogP contribution is 2.15. The number of nitriles is 1. The van der Waals surface area contributed by atoms with E-state index in [4.69, 9.17) is 5.26 Å². The maximum absolute atomic E-state index is 11.8. The minimum absolute atomic E-state index is 0.184. The van der Waals surface area contributed by atoms with Gasteiger partial charge in [0.15, 0.2) is 0 Å². The molecule has 0 aromatic heterocycles. The molecule has 0 spiro atoms. The Bertz CT molecular complexity index is 527. The molecule has 102 valence electrons. The molecular weight excluding hydrogens is 260 g/mol. The van der Waals surface area contributed by atoms with Gasteiger partial charge in [0.05, 0.1) is 11.3 Å². The lowest BCUT2D eigenvalue weighted by atomic mass is 10.2. The first-order valence-corrected chi connectivity index (χ1v) is 7.34. The van der Waals surface area contributed by atoms with E-state index in [1.54, 1.807) is 24.3 Å². The van der Waals surface area contributed by atoms with Crippen molar-refractivity contribution in [3.8, 4) is 6.07 Å². The summed E-state index contributed by atoms with van der Waals surface area (Å²) in [7, 11) is -1.05. The molecule has 0 fully saturated rings. The van der Waals surface area contributed by atoms with E-state index in [1.807, 2.05) is 26.8 Å². The van der Waals surface area contributed by atoms with E-state index in [0.29, 0.717) is 17.0 Å². The molecule has 1 aromatic carbocycles. The van der Waals surface area contributed by atoms with Gasteiger partial charge in [-0.1, -0.05) is 12.1 Å². The number of rotatable bonds is 4. The van der Waals surface area contributed by atoms with Crippen molar-refractivity contribution < 1.29 is 9.00 Å². The number of hydrogen-bond donors (Lipinski definition) is 1. The molecule has 0 bridgehead atoms. The number of para-hydroxylation sites is 1. The van der Waals surface area contributed by atoms with Crippen LogP contribution in [-0.4, -0.2) is 20.6 Å². The number of carbonyl (C=O) groups excluding carboxylic acids is 1. The van der Waals surface area contributed by atoms with Crippen molar-refractivity contribution in [2.45, 2.75) is 31.9 Å². The van der Waals surface area contributed by atoms with E-state index in [-0.39, 0.29) is 17.1 Å². The SMILES string of the molecule is CC(C)(C)S(=O)CCC(=O)Nc1ccccc1C#N. The molecule has 0 heterocycles. The molecule has 0 aliphatic carbocycles. The number of amides is 1. The van der Waals surface area contributed by atoms with Gasteiger partial charge in [0.2, 0.25) is 5.91 Å². The van der Waals surface area contributed by atoms with Crippen molar-refractivity contribution in [2.75, 3.05) is 11.1 Å². The summed E-state index contributed by atoms with van der Waals surface area (Å²) < 4.78 is 11.5. The molecule has 0 radical (unpaired) electrons. The molecular formula is C14H18N2O2S. The molecule has 4 nitrogen and oxygen atoms in total. The van der Waals surface area contributed by atoms with Gasteiger partial charge in [-0.2, -0.15) is 5.26 Å². The van der Waals surface area contributed by atoms with Crippen LogP contribution < -0.4 is 5.32 Å². The minimum atomic E-state index is -1.05. The summed E-state index contributed by atoms with van der Waals surface area (Å²) in [4.78, 5) is 11.8. The number of hydrogen-bond acceptors (Lipinski definition) is 3. The second-order valence-corrected chi connectivity index (χ2v) is 7.44. The van der Waals surface area contributed by atoms with Gasteiger partial charge < -0.3 is 5.32 Å². The maximum Gasteiger partial charge on any atom is 0.225 e. The third-order valence-corrected chi connectivity index (χ3v) is 4.46. The molecule has 0 saturated carbocycles. The average molecular weight is 278 g/mol. The quantitative estimate of drug-likeness (QED) is 0.919. The molecule has 19 heavy (non-hydrogen) atoms. The molecule has 1 aromatic rings. The van der Waals surface area contributed by atoms with Crippen LogP contribution in [0.5, 0.6) is 0 Å². The van der Waals surface area contributed by atoms with Crippen LogP contribution in [0, 0.1) is 11.3 Å². The van der Waals surface area contributed by atoms with Crippen molar-refractivity contribution in [3.05, 3.63) is 29.8 Å². The van der Waals surface area contributed by atoms with Gasteiger partial charge in [-0.15, -0.1) is 0 Å². The van der Waals surface area contributed by atoms with Crippen molar-refractivity contribution in [3.63, 3.8) is 0 Å². The monoisotopic (exact) mass is 278 g/mol. The summed E-state index contributed by atoms with van der Waals surface area (Å²) in [6.45, 7) is 5.64. The van der Waals surface area contributed by atoms with E-state index >= 15 is 0 Å². The zero-order valence-electron chi connectivity index (χ0n) is 11.4. The Balaban J connectivity index is 2.58. The summed E-state index contributed by atoms with van der Waals surface area (Å²) in [5, 5.41) is 11.6. The number of anilines is 1. The fraction of sp³-hybridized carbons (Fsp3) is 0.429. The number of nitrogens with zero attached hydrogens (tertiary/aromatic N) is 1. The van der Waals surface area contributed by atoms with E-state index in [1.165, 1.54) is 0 Å². The average Bonchev–Trinajstić information content (AvgIpc) is 2.35. The Hall–Kier alpha value is -1.67. The van der Waals surface area contributed by atoms with Gasteiger partial charge in [0.25, 0.3) is 0 Å². The molecule has 5 heteroatoms. The standard InChI is InChI=1S/C14H18N2O2S/c1-14(2,3)19(18)9-8-13(17)16-12-7-5-4-6-11(12)10-15/h4-7H,8-9H2,1-3H3,(H,16,17). The van der Waals surface area contributed by atoms with Crippen LogP contribution in [0.3, 0.4) is 0 Å². The van der Waals surface area contributed by atoms with E-state index in [9.17, 15) is 9.00 Å². The molecule has 0 aliphatic rings. The summed E-state index contributed by atoms with van der Waals surface area (Å²) >= 11 is 0. The van der Waals surface area contributed by atoms with Gasteiger partial charge in [-0.25, -0.2) is 0 Å². The largest absolute Gasteiger partial charge is 0.325 e. The summed E-state index contributed by atoms with van der Waals surface area (Å²) in [5.41, 5.74) is 0.921. The van der Waals surface area contributed by atoms with Crippen LogP contribution in [0.4, 0.5) is 5.69 Å². The Morgan fingerprint density at radius 3 is 2.58 bits per heavy atom. The van der Waals surface area contributed by atoms with Crippen molar-refractivity contribution in [1.29, 1.82) is 5.26 Å². The lowest BCUT2D eigenvalue weighted by Crippen LogP contribution is -2.26. The predicted molar refractivity (Wildman–Crippen MR) is 77.2 cm³/mol. The Labute approximate surface area is 116 Å². The highest BCUT2D eigenvalue weighted by Gasteiger charge is 2.20. The van der Waals surface area contributed by atoms with Crippen molar-refractivity contribution >= 4 is 22.4 Å². The first-order valence-electron chi connectivity index (χ1n) is 6.02. The molecule has 1 amide bonds. The lowest BCUT2D eigenvalue weighted by Gasteiger charge is -2.17. The molecule has 1 rings (SSSR count). The number of benzene rings is 1. The van der Waals surface area contributed by atoms with Crippen LogP contribution in [0.1, 0.15) is 32.8 Å². The normalized spacial score (nSPS) is 12.5. The van der Waals surface area contributed by atoms with Crippen molar-refractivity contribution in [1.82, 2.24) is 0 Å². The minimum Gasteiger partial charge on any atom is -0.325 e. The topological polar surface area (TPSA) is 70.0 Å². The Morgan fingerprint density at radius 2 is 2.00 bits per heavy atom. The smallest absolute Gasteiger partial charge is 0.225 e. The first-order chi connectivity index (χ1) is 8.84. The van der Waals surface area contributed by atoms with Crippen molar-refractivity contribution in [2.24, 2.45) is 0 Å². The van der Waals surface area contributed by atoms with E-state index < -0.39 is 10.8 Å². The fourth-order valence-electron chi connectivity index (χ4n) is 1.39. The molecule has 1 unspecified atom stereocenters. The molecule has 0 saturated heterocycles. The van der Waals surface area contributed by atoms with E-state index in [2.05, 4.69) is 5.32 Å². The third kappa shape index (κ3) is 4.84. The van der Waals surface area contributed by atoms with Crippen LogP contribution in [0.2, 0.25) is 0 Å². The highest BCUT2D eigenvalue weighted by atomic mass is 32.2. The summed E-state index contributed by atoms with van der Waals surface area (Å²) in [5.74, 6) is 0.102. The van der Waals surface area contributed by atoms with E-state index in [0.717, 1.165) is 0 Å². The molecule has 1 N–H and O–H groups in total. The van der Waals surface area contributed by atoms with Gasteiger partial charge in [-0.3, -0.25) is 9.00 Å². The van der Waals surface area contributed by atoms with Gasteiger partial charge >= 0.3 is 0 Å². The predicted octanol–water partition coefficient (Wildman–Crippen LogP) is 2.43. The first kappa shape index (κ1) is 15.4. The Morgan fingerprint density at radius 1 is 1.37 bits per heavy atom. The molecule has 0 aliphatic heterocycles. The fourth-order valence-corrected chi connectivity index (χ4v) is 2.38. The third-order valence-electron chi connectivity index (χ3n) is 2.52. The lowest BCUT2D eigenvalue weighted by molar-refractivity contribution is -0.115. The van der Waals surface area contributed by atoms with Crippen LogP contribution in [0.15, 0.2) is 24.3 Å². The van der Waals surface area contributed by atoms with Gasteiger partial charge in [-0.05, 0) is 32.9 Å². The molecule has 1 atom stereocenters. The van der Waals surface area contributed by atoms with Crippen LogP contribution in [-0.2, 0) is 15.6 Å². The number of nitrogens with one attached hydrogen (secondary N) is 1. The zero-order chi connectivity index (χ0) is 14.5. The summed E-state index contributed by atoms with van der Waals surface area (Å²) in [6.07, 6.45) is 0.184. The van der Waals surface area contributed by atoms with Crippen LogP contribution >= 0.6 is 0 Å².